The Morgan fingerprint density at radius 3 is 2.31 bits per heavy atom. The summed E-state index contributed by atoms with van der Waals surface area (Å²) in [5, 5.41) is 0. The molecule has 13 heavy (non-hydrogen) atoms. The first-order valence-corrected chi connectivity index (χ1v) is 5.70. The molecule has 0 spiro atoms. The Bertz CT molecular complexity index is 157. The standard InChI is InChI=1S/C12H25N/c1-5-9-6-7-11(13)10(8-9)12(2,3)4/h9-11H,5-8,13H2,1-4H3. The summed E-state index contributed by atoms with van der Waals surface area (Å²) in [6.07, 6.45) is 5.27. The summed E-state index contributed by atoms with van der Waals surface area (Å²) in [6.45, 7) is 9.29. The highest BCUT2D eigenvalue weighted by Gasteiger charge is 2.34. The normalized spacial score (nSPS) is 36.2. The zero-order chi connectivity index (χ0) is 10.1. The molecule has 1 nitrogen and oxygen atoms in total. The fourth-order valence-electron chi connectivity index (χ4n) is 2.65. The lowest BCUT2D eigenvalue weighted by Crippen LogP contribution is -2.42. The maximum absolute atomic E-state index is 6.18. The third kappa shape index (κ3) is 2.70. The van der Waals surface area contributed by atoms with Crippen LogP contribution in [-0.2, 0) is 0 Å². The van der Waals surface area contributed by atoms with Crippen molar-refractivity contribution in [3.63, 3.8) is 0 Å². The fourth-order valence-corrected chi connectivity index (χ4v) is 2.65. The van der Waals surface area contributed by atoms with Crippen molar-refractivity contribution in [1.82, 2.24) is 0 Å². The predicted molar refractivity (Wildman–Crippen MR) is 58.6 cm³/mol. The van der Waals surface area contributed by atoms with Crippen molar-refractivity contribution < 1.29 is 0 Å². The molecule has 0 bridgehead atoms. The Morgan fingerprint density at radius 1 is 1.23 bits per heavy atom. The molecule has 0 aromatic heterocycles. The van der Waals surface area contributed by atoms with Crippen LogP contribution in [0.2, 0.25) is 0 Å². The van der Waals surface area contributed by atoms with E-state index >= 15 is 0 Å². The van der Waals surface area contributed by atoms with Crippen molar-refractivity contribution in [2.75, 3.05) is 0 Å². The zero-order valence-electron chi connectivity index (χ0n) is 9.64. The topological polar surface area (TPSA) is 26.0 Å². The van der Waals surface area contributed by atoms with Crippen LogP contribution in [-0.4, -0.2) is 6.04 Å². The summed E-state index contributed by atoms with van der Waals surface area (Å²) in [5.41, 5.74) is 6.58. The second-order valence-electron chi connectivity index (χ2n) is 5.72. The van der Waals surface area contributed by atoms with E-state index < -0.39 is 0 Å². The molecule has 0 saturated heterocycles. The summed E-state index contributed by atoms with van der Waals surface area (Å²) < 4.78 is 0. The van der Waals surface area contributed by atoms with Crippen molar-refractivity contribution in [1.29, 1.82) is 0 Å². The smallest absolute Gasteiger partial charge is 0.00723 e. The minimum atomic E-state index is 0.396. The zero-order valence-corrected chi connectivity index (χ0v) is 9.64. The maximum Gasteiger partial charge on any atom is 0.00723 e. The minimum Gasteiger partial charge on any atom is -0.327 e. The van der Waals surface area contributed by atoms with Crippen LogP contribution in [0.5, 0.6) is 0 Å². The van der Waals surface area contributed by atoms with Gasteiger partial charge in [0.25, 0.3) is 0 Å². The van der Waals surface area contributed by atoms with E-state index in [2.05, 4.69) is 27.7 Å². The van der Waals surface area contributed by atoms with Gasteiger partial charge in [0.1, 0.15) is 0 Å². The number of hydrogen-bond acceptors (Lipinski definition) is 1. The van der Waals surface area contributed by atoms with Gasteiger partial charge in [-0.05, 0) is 36.5 Å². The van der Waals surface area contributed by atoms with Crippen LogP contribution in [0, 0.1) is 17.3 Å². The average molecular weight is 183 g/mol. The molecule has 1 aliphatic rings. The molecule has 1 fully saturated rings. The number of nitrogens with two attached hydrogens (primary N) is 1. The van der Waals surface area contributed by atoms with Crippen molar-refractivity contribution in [3.8, 4) is 0 Å². The maximum atomic E-state index is 6.18. The van der Waals surface area contributed by atoms with Gasteiger partial charge in [-0.3, -0.25) is 0 Å². The fraction of sp³-hybridized carbons (Fsp3) is 1.00. The van der Waals surface area contributed by atoms with Crippen LogP contribution in [0.4, 0.5) is 0 Å². The second kappa shape index (κ2) is 4.00. The Balaban J connectivity index is 2.60. The molecule has 0 heterocycles. The molecule has 0 aliphatic heterocycles. The first-order chi connectivity index (χ1) is 5.95. The Labute approximate surface area is 83.1 Å². The van der Waals surface area contributed by atoms with E-state index in [1.165, 1.54) is 25.7 Å². The van der Waals surface area contributed by atoms with E-state index in [0.29, 0.717) is 11.5 Å². The first kappa shape index (κ1) is 11.0. The van der Waals surface area contributed by atoms with Gasteiger partial charge in [0.15, 0.2) is 0 Å². The van der Waals surface area contributed by atoms with E-state index in [1.54, 1.807) is 0 Å². The molecule has 1 aliphatic carbocycles. The Hall–Kier alpha value is -0.0400. The highest BCUT2D eigenvalue weighted by molar-refractivity contribution is 4.88. The van der Waals surface area contributed by atoms with E-state index in [-0.39, 0.29) is 0 Å². The summed E-state index contributed by atoms with van der Waals surface area (Å²) in [4.78, 5) is 0. The van der Waals surface area contributed by atoms with Gasteiger partial charge in [0.05, 0.1) is 0 Å². The van der Waals surface area contributed by atoms with Gasteiger partial charge in [0, 0.05) is 6.04 Å². The van der Waals surface area contributed by atoms with Gasteiger partial charge < -0.3 is 5.73 Å². The molecule has 0 amide bonds. The molecule has 0 radical (unpaired) electrons. The van der Waals surface area contributed by atoms with Crippen molar-refractivity contribution >= 4 is 0 Å². The SMILES string of the molecule is CCC1CCC(N)C(C(C)(C)C)C1. The Morgan fingerprint density at radius 2 is 1.85 bits per heavy atom. The lowest BCUT2D eigenvalue weighted by Gasteiger charge is -2.41. The Kier molecular flexibility index (Phi) is 3.39. The van der Waals surface area contributed by atoms with E-state index in [4.69, 9.17) is 5.73 Å². The number of hydrogen-bond donors (Lipinski definition) is 1. The molecular formula is C12H25N. The monoisotopic (exact) mass is 183 g/mol. The van der Waals surface area contributed by atoms with Crippen LogP contribution in [0.25, 0.3) is 0 Å². The predicted octanol–water partition coefficient (Wildman–Crippen LogP) is 3.19. The molecule has 3 atom stereocenters. The van der Waals surface area contributed by atoms with Gasteiger partial charge in [-0.15, -0.1) is 0 Å². The van der Waals surface area contributed by atoms with E-state index in [0.717, 1.165) is 11.8 Å². The largest absolute Gasteiger partial charge is 0.327 e. The molecule has 0 aromatic rings. The third-order valence-corrected chi connectivity index (χ3v) is 3.70. The van der Waals surface area contributed by atoms with Gasteiger partial charge in [-0.25, -0.2) is 0 Å². The molecule has 78 valence electrons. The lowest BCUT2D eigenvalue weighted by molar-refractivity contribution is 0.116. The first-order valence-electron chi connectivity index (χ1n) is 5.70. The molecule has 3 unspecified atom stereocenters. The molecule has 1 rings (SSSR count). The summed E-state index contributed by atoms with van der Waals surface area (Å²) in [7, 11) is 0. The quantitative estimate of drug-likeness (QED) is 0.664. The van der Waals surface area contributed by atoms with Crippen LogP contribution in [0.1, 0.15) is 53.4 Å². The average Bonchev–Trinajstić information content (AvgIpc) is 2.03. The molecule has 0 aromatic carbocycles. The number of rotatable bonds is 1. The van der Waals surface area contributed by atoms with Crippen LogP contribution in [0.3, 0.4) is 0 Å². The second-order valence-corrected chi connectivity index (χ2v) is 5.72. The van der Waals surface area contributed by atoms with Gasteiger partial charge in [0.2, 0.25) is 0 Å². The van der Waals surface area contributed by atoms with Gasteiger partial charge in [-0.1, -0.05) is 34.1 Å². The highest BCUT2D eigenvalue weighted by atomic mass is 14.7. The van der Waals surface area contributed by atoms with E-state index in [1.807, 2.05) is 0 Å². The van der Waals surface area contributed by atoms with Crippen LogP contribution >= 0.6 is 0 Å². The summed E-state index contributed by atoms with van der Waals surface area (Å²) >= 11 is 0. The van der Waals surface area contributed by atoms with Crippen molar-refractivity contribution in [2.45, 2.75) is 59.4 Å². The third-order valence-electron chi connectivity index (χ3n) is 3.70. The molecular weight excluding hydrogens is 158 g/mol. The molecule has 2 N–H and O–H groups in total. The van der Waals surface area contributed by atoms with Gasteiger partial charge in [-0.2, -0.15) is 0 Å². The molecule has 1 heteroatoms. The van der Waals surface area contributed by atoms with Crippen molar-refractivity contribution in [2.24, 2.45) is 23.0 Å². The van der Waals surface area contributed by atoms with Crippen LogP contribution < -0.4 is 5.73 Å². The minimum absolute atomic E-state index is 0.396. The summed E-state index contributed by atoms with van der Waals surface area (Å²) in [5.74, 6) is 1.66. The lowest BCUT2D eigenvalue weighted by atomic mass is 9.66. The summed E-state index contributed by atoms with van der Waals surface area (Å²) in [6, 6.07) is 0.447. The van der Waals surface area contributed by atoms with Crippen LogP contribution in [0.15, 0.2) is 0 Å². The highest BCUT2D eigenvalue weighted by Crippen LogP contribution is 2.40. The molecule has 1 saturated carbocycles. The van der Waals surface area contributed by atoms with Gasteiger partial charge >= 0.3 is 0 Å². The van der Waals surface area contributed by atoms with E-state index in [9.17, 15) is 0 Å². The van der Waals surface area contributed by atoms with Crippen molar-refractivity contribution in [3.05, 3.63) is 0 Å².